The zero-order valence-corrected chi connectivity index (χ0v) is 15.4. The molecule has 0 aliphatic heterocycles. The second kappa shape index (κ2) is 9.20. The minimum atomic E-state index is -0.702. The molecule has 1 aromatic carbocycles. The number of aromatic nitrogens is 1. The number of amides is 1. The Morgan fingerprint density at radius 3 is 2.77 bits per heavy atom. The molecule has 0 saturated carbocycles. The third kappa shape index (κ3) is 7.11. The number of aliphatic hydroxyl groups excluding tert-OH is 1. The average molecular weight is 358 g/mol. The largest absolute Gasteiger partial charge is 0.489 e. The van der Waals surface area contributed by atoms with Crippen molar-refractivity contribution >= 4 is 6.09 Å². The van der Waals surface area contributed by atoms with Crippen LogP contribution in [0.2, 0.25) is 0 Å². The quantitative estimate of drug-likeness (QED) is 0.790. The van der Waals surface area contributed by atoms with Gasteiger partial charge in [0.15, 0.2) is 0 Å². The van der Waals surface area contributed by atoms with Crippen LogP contribution in [0.1, 0.15) is 44.4 Å². The first-order valence-corrected chi connectivity index (χ1v) is 8.60. The van der Waals surface area contributed by atoms with Gasteiger partial charge in [-0.05, 0) is 51.0 Å². The van der Waals surface area contributed by atoms with Gasteiger partial charge in [-0.25, -0.2) is 4.79 Å². The van der Waals surface area contributed by atoms with Crippen LogP contribution in [-0.4, -0.2) is 28.3 Å². The average Bonchev–Trinajstić information content (AvgIpc) is 2.59. The van der Waals surface area contributed by atoms with E-state index in [1.807, 2.05) is 30.3 Å². The number of carbonyl (C=O) groups excluding carboxylic acids is 1. The monoisotopic (exact) mass is 358 g/mol. The zero-order valence-electron chi connectivity index (χ0n) is 15.4. The van der Waals surface area contributed by atoms with E-state index in [9.17, 15) is 9.90 Å². The summed E-state index contributed by atoms with van der Waals surface area (Å²) in [7, 11) is 0. The molecule has 0 unspecified atom stereocenters. The van der Waals surface area contributed by atoms with Crippen LogP contribution in [0.15, 0.2) is 48.8 Å². The lowest BCUT2D eigenvalue weighted by Crippen LogP contribution is -2.33. The lowest BCUT2D eigenvalue weighted by atomic mass is 10.1. The summed E-state index contributed by atoms with van der Waals surface area (Å²) in [6, 6.07) is 11.1. The van der Waals surface area contributed by atoms with E-state index in [-0.39, 0.29) is 0 Å². The highest BCUT2D eigenvalue weighted by Gasteiger charge is 2.16. The van der Waals surface area contributed by atoms with Crippen molar-refractivity contribution in [2.45, 2.75) is 45.5 Å². The Kier molecular flexibility index (Phi) is 6.97. The summed E-state index contributed by atoms with van der Waals surface area (Å²) in [4.78, 5) is 15.7. The first-order valence-electron chi connectivity index (χ1n) is 8.60. The number of nitrogens with zero attached hydrogens (tertiary/aromatic N) is 1. The molecule has 1 heterocycles. The molecular weight excluding hydrogens is 332 g/mol. The highest BCUT2D eigenvalue weighted by molar-refractivity contribution is 5.67. The van der Waals surface area contributed by atoms with Crippen LogP contribution in [-0.2, 0) is 11.3 Å². The summed E-state index contributed by atoms with van der Waals surface area (Å²) in [5.74, 6) is 0.672. The zero-order chi connectivity index (χ0) is 19.0. The second-order valence-electron chi connectivity index (χ2n) is 6.96. The summed E-state index contributed by atoms with van der Waals surface area (Å²) in [6.45, 7) is 6.14. The standard InChI is InChI=1S/C20H26N2O4/c1-20(2,3)26-19(24)22-11-9-18(23)16-7-4-8-17(12-16)25-14-15-6-5-10-21-13-15/h4-8,10,12-13,18,23H,9,11,14H2,1-3H3,(H,22,24)/t18-/m1/s1. The molecule has 140 valence electrons. The van der Waals surface area contributed by atoms with Gasteiger partial charge in [0, 0.05) is 24.5 Å². The summed E-state index contributed by atoms with van der Waals surface area (Å²) >= 11 is 0. The van der Waals surface area contributed by atoms with Crippen molar-refractivity contribution in [3.8, 4) is 5.75 Å². The Bertz CT molecular complexity index is 698. The van der Waals surface area contributed by atoms with Crippen molar-refractivity contribution in [1.29, 1.82) is 0 Å². The molecule has 0 aliphatic carbocycles. The van der Waals surface area contributed by atoms with Gasteiger partial charge < -0.3 is 19.9 Å². The number of hydrogen-bond donors (Lipinski definition) is 2. The van der Waals surface area contributed by atoms with Crippen LogP contribution in [0.5, 0.6) is 5.75 Å². The Balaban J connectivity index is 1.81. The molecular formula is C20H26N2O4. The summed E-state index contributed by atoms with van der Waals surface area (Å²) in [6.07, 6.45) is 2.66. The van der Waals surface area contributed by atoms with Crippen LogP contribution in [0, 0.1) is 0 Å². The van der Waals surface area contributed by atoms with Crippen molar-refractivity contribution in [2.24, 2.45) is 0 Å². The third-order valence-corrected chi connectivity index (χ3v) is 3.46. The van der Waals surface area contributed by atoms with Crippen LogP contribution in [0.3, 0.4) is 0 Å². The highest BCUT2D eigenvalue weighted by atomic mass is 16.6. The first-order chi connectivity index (χ1) is 12.3. The number of rotatable bonds is 7. The lowest BCUT2D eigenvalue weighted by molar-refractivity contribution is 0.0518. The number of nitrogens with one attached hydrogen (secondary N) is 1. The van der Waals surface area contributed by atoms with Gasteiger partial charge in [0.05, 0.1) is 6.10 Å². The van der Waals surface area contributed by atoms with Crippen LogP contribution < -0.4 is 10.1 Å². The van der Waals surface area contributed by atoms with Crippen LogP contribution in [0.4, 0.5) is 4.79 Å². The van der Waals surface area contributed by atoms with Crippen molar-refractivity contribution in [3.05, 3.63) is 59.9 Å². The van der Waals surface area contributed by atoms with E-state index in [2.05, 4.69) is 10.3 Å². The summed E-state index contributed by atoms with van der Waals surface area (Å²) < 4.78 is 10.9. The van der Waals surface area contributed by atoms with E-state index in [0.29, 0.717) is 25.3 Å². The number of benzene rings is 1. The fourth-order valence-electron chi connectivity index (χ4n) is 2.25. The molecule has 0 aliphatic rings. The van der Waals surface area contributed by atoms with Gasteiger partial charge in [0.25, 0.3) is 0 Å². The number of ether oxygens (including phenoxy) is 2. The maximum atomic E-state index is 11.6. The summed E-state index contributed by atoms with van der Waals surface area (Å²) in [5.41, 5.74) is 1.17. The van der Waals surface area contributed by atoms with Crippen molar-refractivity contribution < 1.29 is 19.4 Å². The minimum Gasteiger partial charge on any atom is -0.489 e. The van der Waals surface area contributed by atoms with Crippen molar-refractivity contribution in [2.75, 3.05) is 6.54 Å². The molecule has 1 atom stereocenters. The third-order valence-electron chi connectivity index (χ3n) is 3.46. The molecule has 0 bridgehead atoms. The second-order valence-corrected chi connectivity index (χ2v) is 6.96. The van der Waals surface area contributed by atoms with E-state index < -0.39 is 17.8 Å². The predicted molar refractivity (Wildman–Crippen MR) is 98.8 cm³/mol. The van der Waals surface area contributed by atoms with E-state index in [1.165, 1.54) is 0 Å². The molecule has 1 aromatic heterocycles. The fraction of sp³-hybridized carbons (Fsp3) is 0.400. The molecule has 1 amide bonds. The van der Waals surface area contributed by atoms with Gasteiger partial charge >= 0.3 is 6.09 Å². The van der Waals surface area contributed by atoms with E-state index in [0.717, 1.165) is 11.1 Å². The molecule has 0 saturated heterocycles. The Morgan fingerprint density at radius 1 is 1.27 bits per heavy atom. The van der Waals surface area contributed by atoms with Gasteiger partial charge in [-0.2, -0.15) is 0 Å². The topological polar surface area (TPSA) is 80.7 Å². The first kappa shape index (κ1) is 19.7. The van der Waals surface area contributed by atoms with E-state index in [1.54, 1.807) is 39.2 Å². The Labute approximate surface area is 154 Å². The molecule has 0 spiro atoms. The maximum absolute atomic E-state index is 11.6. The predicted octanol–water partition coefficient (Wildman–Crippen LogP) is 3.61. The number of pyridine rings is 1. The molecule has 26 heavy (non-hydrogen) atoms. The summed E-state index contributed by atoms with van der Waals surface area (Å²) in [5, 5.41) is 13.0. The molecule has 2 aromatic rings. The Morgan fingerprint density at radius 2 is 2.08 bits per heavy atom. The van der Waals surface area contributed by atoms with E-state index in [4.69, 9.17) is 9.47 Å². The maximum Gasteiger partial charge on any atom is 0.407 e. The van der Waals surface area contributed by atoms with Crippen molar-refractivity contribution in [1.82, 2.24) is 10.3 Å². The number of alkyl carbamates (subject to hydrolysis) is 1. The Hall–Kier alpha value is -2.60. The molecule has 6 heteroatoms. The number of hydrogen-bond acceptors (Lipinski definition) is 5. The van der Waals surface area contributed by atoms with Gasteiger partial charge in [-0.1, -0.05) is 18.2 Å². The van der Waals surface area contributed by atoms with Gasteiger partial charge in [-0.3, -0.25) is 4.98 Å². The smallest absolute Gasteiger partial charge is 0.407 e. The minimum absolute atomic E-state index is 0.316. The SMILES string of the molecule is CC(C)(C)OC(=O)NCC[C@@H](O)c1cccc(OCc2cccnc2)c1. The fourth-order valence-corrected chi connectivity index (χ4v) is 2.25. The molecule has 2 N–H and O–H groups in total. The molecule has 0 fully saturated rings. The molecule has 6 nitrogen and oxygen atoms in total. The van der Waals surface area contributed by atoms with Gasteiger partial charge in [0.1, 0.15) is 18.0 Å². The van der Waals surface area contributed by atoms with E-state index >= 15 is 0 Å². The normalized spacial score (nSPS) is 12.3. The lowest BCUT2D eigenvalue weighted by Gasteiger charge is -2.20. The van der Waals surface area contributed by atoms with Crippen LogP contribution >= 0.6 is 0 Å². The number of carbonyl (C=O) groups is 1. The van der Waals surface area contributed by atoms with Gasteiger partial charge in [0.2, 0.25) is 0 Å². The van der Waals surface area contributed by atoms with Crippen LogP contribution in [0.25, 0.3) is 0 Å². The van der Waals surface area contributed by atoms with Crippen molar-refractivity contribution in [3.63, 3.8) is 0 Å². The number of aliphatic hydroxyl groups is 1. The molecule has 2 rings (SSSR count). The van der Waals surface area contributed by atoms with Gasteiger partial charge in [-0.15, -0.1) is 0 Å². The highest BCUT2D eigenvalue weighted by Crippen LogP contribution is 2.22. The molecule has 0 radical (unpaired) electrons.